The van der Waals surface area contributed by atoms with E-state index in [1.54, 1.807) is 4.40 Å². The van der Waals surface area contributed by atoms with Gasteiger partial charge < -0.3 is 11.1 Å². The minimum atomic E-state index is -0.693. The van der Waals surface area contributed by atoms with Gasteiger partial charge >= 0.3 is 0 Å². The van der Waals surface area contributed by atoms with Crippen LogP contribution in [0.5, 0.6) is 0 Å². The van der Waals surface area contributed by atoms with Crippen LogP contribution in [-0.2, 0) is 16.1 Å². The summed E-state index contributed by atoms with van der Waals surface area (Å²) in [5.41, 5.74) is 7.14. The van der Waals surface area contributed by atoms with Crippen LogP contribution in [0.25, 0.3) is 5.65 Å². The number of nitrogens with one attached hydrogen (secondary N) is 1. The Morgan fingerprint density at radius 1 is 1.11 bits per heavy atom. The number of hydrogen-bond donors (Lipinski definition) is 2. The molecule has 0 fully saturated rings. The molecule has 9 nitrogen and oxygen atoms in total. The molecule has 9 heteroatoms. The molecule has 0 saturated carbocycles. The van der Waals surface area contributed by atoms with Crippen molar-refractivity contribution < 1.29 is 9.59 Å². The normalized spacial score (nSPS) is 16.4. The first kappa shape index (κ1) is 16.7. The highest BCUT2D eigenvalue weighted by molar-refractivity contribution is 6.40. The van der Waals surface area contributed by atoms with E-state index in [1.165, 1.54) is 5.01 Å². The molecule has 1 atom stereocenters. The van der Waals surface area contributed by atoms with E-state index in [-0.39, 0.29) is 24.6 Å². The number of nitrogens with zero attached hydrogens (tertiary/aromatic N) is 5. The van der Waals surface area contributed by atoms with Gasteiger partial charge in [-0.05, 0) is 24.3 Å². The van der Waals surface area contributed by atoms with E-state index in [1.807, 2.05) is 54.7 Å². The van der Waals surface area contributed by atoms with Crippen molar-refractivity contribution in [2.45, 2.75) is 19.0 Å². The third-order valence-electron chi connectivity index (χ3n) is 4.31. The number of para-hydroxylation sites is 1. The van der Waals surface area contributed by atoms with Gasteiger partial charge in [-0.25, -0.2) is 0 Å². The predicted octanol–water partition coefficient (Wildman–Crippen LogP) is 0.466. The van der Waals surface area contributed by atoms with Gasteiger partial charge in [0, 0.05) is 12.6 Å². The lowest BCUT2D eigenvalue weighted by molar-refractivity contribution is -0.119. The van der Waals surface area contributed by atoms with Crippen LogP contribution in [-0.4, -0.2) is 38.2 Å². The minimum absolute atomic E-state index is 0.149. The Labute approximate surface area is 154 Å². The molecule has 1 aliphatic rings. The highest BCUT2D eigenvalue weighted by Crippen LogP contribution is 2.24. The van der Waals surface area contributed by atoms with Gasteiger partial charge in [0.1, 0.15) is 11.8 Å². The van der Waals surface area contributed by atoms with Gasteiger partial charge in [-0.15, -0.1) is 10.2 Å². The van der Waals surface area contributed by atoms with Gasteiger partial charge in [0.2, 0.25) is 5.91 Å². The summed E-state index contributed by atoms with van der Waals surface area (Å²) in [6.45, 7) is 0.190. The maximum absolute atomic E-state index is 12.5. The molecule has 0 unspecified atom stereocenters. The maximum Gasteiger partial charge on any atom is 0.267 e. The smallest absolute Gasteiger partial charge is 0.267 e. The Kier molecular flexibility index (Phi) is 4.25. The SMILES string of the molecule is NC(=O)[C@@H]1CC(C(=O)NCc2nnc3ccccn23)=NN1c1ccccc1. The highest BCUT2D eigenvalue weighted by atomic mass is 16.2. The minimum Gasteiger partial charge on any atom is -0.368 e. The molecule has 0 bridgehead atoms. The number of nitrogens with two attached hydrogens (primary N) is 1. The van der Waals surface area contributed by atoms with Crippen LogP contribution in [0, 0.1) is 0 Å². The van der Waals surface area contributed by atoms with Gasteiger partial charge in [0.05, 0.1) is 12.2 Å². The van der Waals surface area contributed by atoms with Crippen molar-refractivity contribution in [2.75, 3.05) is 5.01 Å². The summed E-state index contributed by atoms with van der Waals surface area (Å²) in [5, 5.41) is 16.7. The summed E-state index contributed by atoms with van der Waals surface area (Å²) in [7, 11) is 0. The van der Waals surface area contributed by atoms with E-state index in [4.69, 9.17) is 5.73 Å². The second-order valence-corrected chi connectivity index (χ2v) is 6.08. The summed E-state index contributed by atoms with van der Waals surface area (Å²) < 4.78 is 1.79. The largest absolute Gasteiger partial charge is 0.368 e. The Morgan fingerprint density at radius 3 is 2.67 bits per heavy atom. The number of amides is 2. The molecular formula is C18H17N7O2. The number of pyridine rings is 1. The average molecular weight is 363 g/mol. The number of primary amides is 1. The van der Waals surface area contributed by atoms with Crippen LogP contribution in [0.4, 0.5) is 5.69 Å². The van der Waals surface area contributed by atoms with Gasteiger partial charge in [0.15, 0.2) is 11.5 Å². The Bertz CT molecular complexity index is 1030. The zero-order chi connectivity index (χ0) is 18.8. The topological polar surface area (TPSA) is 118 Å². The van der Waals surface area contributed by atoms with Crippen LogP contribution in [0.1, 0.15) is 12.2 Å². The van der Waals surface area contributed by atoms with Crippen molar-refractivity contribution in [1.29, 1.82) is 0 Å². The van der Waals surface area contributed by atoms with Crippen LogP contribution in [0.15, 0.2) is 59.8 Å². The number of rotatable bonds is 5. The fourth-order valence-corrected chi connectivity index (χ4v) is 2.96. The second kappa shape index (κ2) is 6.87. The lowest BCUT2D eigenvalue weighted by Crippen LogP contribution is -2.39. The van der Waals surface area contributed by atoms with Crippen LogP contribution in [0.3, 0.4) is 0 Å². The molecule has 2 aromatic heterocycles. The molecule has 0 saturated heterocycles. The van der Waals surface area contributed by atoms with Gasteiger partial charge in [-0.3, -0.25) is 19.0 Å². The number of aromatic nitrogens is 3. The van der Waals surface area contributed by atoms with Crippen LogP contribution >= 0.6 is 0 Å². The zero-order valence-electron chi connectivity index (χ0n) is 14.3. The van der Waals surface area contributed by atoms with E-state index >= 15 is 0 Å². The van der Waals surface area contributed by atoms with E-state index < -0.39 is 11.9 Å². The van der Waals surface area contributed by atoms with E-state index in [9.17, 15) is 9.59 Å². The average Bonchev–Trinajstić information content (AvgIpc) is 3.32. The number of carbonyl (C=O) groups excluding carboxylic acids is 2. The third kappa shape index (κ3) is 3.22. The number of hydrogen-bond acceptors (Lipinski definition) is 6. The zero-order valence-corrected chi connectivity index (χ0v) is 14.3. The first-order valence-corrected chi connectivity index (χ1v) is 8.41. The summed E-state index contributed by atoms with van der Waals surface area (Å²) in [5.74, 6) is -0.301. The van der Waals surface area contributed by atoms with Gasteiger partial charge in [-0.2, -0.15) is 5.10 Å². The summed E-state index contributed by atoms with van der Waals surface area (Å²) >= 11 is 0. The molecule has 3 aromatic rings. The van der Waals surface area contributed by atoms with Gasteiger partial charge in [0.25, 0.3) is 5.91 Å². The highest BCUT2D eigenvalue weighted by Gasteiger charge is 2.34. The first-order chi connectivity index (χ1) is 13.1. The summed E-state index contributed by atoms with van der Waals surface area (Å²) in [6, 6.07) is 14.0. The second-order valence-electron chi connectivity index (χ2n) is 6.08. The van der Waals surface area contributed by atoms with Gasteiger partial charge in [-0.1, -0.05) is 24.3 Å². The number of fused-ring (bicyclic) bond motifs is 1. The monoisotopic (exact) mass is 363 g/mol. The summed E-state index contributed by atoms with van der Waals surface area (Å²) in [6.07, 6.45) is 1.97. The van der Waals surface area contributed by atoms with E-state index in [0.29, 0.717) is 17.2 Å². The molecule has 3 N–H and O–H groups in total. The molecule has 4 rings (SSSR count). The molecule has 2 amide bonds. The number of anilines is 1. The lowest BCUT2D eigenvalue weighted by atomic mass is 10.1. The molecule has 1 aliphatic heterocycles. The molecule has 0 spiro atoms. The third-order valence-corrected chi connectivity index (χ3v) is 4.31. The fraction of sp³-hybridized carbons (Fsp3) is 0.167. The predicted molar refractivity (Wildman–Crippen MR) is 98.8 cm³/mol. The van der Waals surface area contributed by atoms with Crippen molar-refractivity contribution in [2.24, 2.45) is 10.8 Å². The Hall–Kier alpha value is -3.75. The van der Waals surface area contributed by atoms with Crippen molar-refractivity contribution in [1.82, 2.24) is 19.9 Å². The first-order valence-electron chi connectivity index (χ1n) is 8.41. The molecule has 27 heavy (non-hydrogen) atoms. The van der Waals surface area contributed by atoms with E-state index in [2.05, 4.69) is 20.6 Å². The lowest BCUT2D eigenvalue weighted by Gasteiger charge is -2.20. The fourth-order valence-electron chi connectivity index (χ4n) is 2.96. The van der Waals surface area contributed by atoms with Crippen LogP contribution in [0.2, 0.25) is 0 Å². The van der Waals surface area contributed by atoms with Crippen molar-refractivity contribution >= 4 is 28.9 Å². The number of carbonyl (C=O) groups is 2. The Balaban J connectivity index is 1.50. The van der Waals surface area contributed by atoms with Crippen molar-refractivity contribution in [3.8, 4) is 0 Å². The number of benzene rings is 1. The molecule has 1 aromatic carbocycles. The van der Waals surface area contributed by atoms with Crippen LogP contribution < -0.4 is 16.1 Å². The van der Waals surface area contributed by atoms with Crippen molar-refractivity contribution in [3.63, 3.8) is 0 Å². The Morgan fingerprint density at radius 2 is 1.89 bits per heavy atom. The maximum atomic E-state index is 12.5. The van der Waals surface area contributed by atoms with E-state index in [0.717, 1.165) is 0 Å². The molecule has 0 aliphatic carbocycles. The molecular weight excluding hydrogens is 346 g/mol. The molecule has 3 heterocycles. The summed E-state index contributed by atoms with van der Waals surface area (Å²) in [4.78, 5) is 24.3. The number of hydrazone groups is 1. The van der Waals surface area contributed by atoms with Crippen molar-refractivity contribution in [3.05, 3.63) is 60.6 Å². The standard InChI is InChI=1S/C18H17N7O2/c19-17(26)14-10-13(23-25(14)12-6-2-1-3-7-12)18(27)20-11-16-22-21-15-8-4-5-9-24(15)16/h1-9,14H,10-11H2,(H2,19,26)(H,20,27)/t14-/m0/s1. The molecule has 0 radical (unpaired) electrons. The molecule has 136 valence electrons. The quantitative estimate of drug-likeness (QED) is 0.683.